The molecule has 1 N–H and O–H groups in total. The summed E-state index contributed by atoms with van der Waals surface area (Å²) in [5.41, 5.74) is 0.827. The molecule has 4 aromatic rings. The maximum Gasteiger partial charge on any atom is 0.304 e. The van der Waals surface area contributed by atoms with Gasteiger partial charge in [-0.3, -0.25) is 9.78 Å². The van der Waals surface area contributed by atoms with E-state index in [-0.39, 0.29) is 16.7 Å². The van der Waals surface area contributed by atoms with Crippen molar-refractivity contribution in [2.75, 3.05) is 0 Å². The van der Waals surface area contributed by atoms with Crippen LogP contribution in [0.15, 0.2) is 59.7 Å². The lowest BCUT2D eigenvalue weighted by Gasteiger charge is -2.06. The Labute approximate surface area is 140 Å². The molecule has 4 rings (SSSR count). The highest BCUT2D eigenvalue weighted by molar-refractivity contribution is 6.30. The summed E-state index contributed by atoms with van der Waals surface area (Å²) in [7, 11) is 0. The van der Waals surface area contributed by atoms with E-state index >= 15 is 0 Å². The molecule has 0 aliphatic carbocycles. The van der Waals surface area contributed by atoms with E-state index in [1.165, 1.54) is 6.20 Å². The fourth-order valence-electron chi connectivity index (χ4n) is 2.26. The molecular weight excluding hydrogens is 330 g/mol. The van der Waals surface area contributed by atoms with Crippen molar-refractivity contribution in [2.45, 2.75) is 0 Å². The average Bonchev–Trinajstić information content (AvgIpc) is 3.02. The summed E-state index contributed by atoms with van der Waals surface area (Å²) in [6, 6.07) is 12.7. The van der Waals surface area contributed by atoms with Gasteiger partial charge < -0.3 is 4.74 Å². The van der Waals surface area contributed by atoms with Crippen LogP contribution < -0.4 is 10.3 Å². The predicted molar refractivity (Wildman–Crippen MR) is 88.8 cm³/mol. The van der Waals surface area contributed by atoms with Gasteiger partial charge in [-0.1, -0.05) is 29.8 Å². The van der Waals surface area contributed by atoms with Crippen LogP contribution in [0.25, 0.3) is 16.7 Å². The third-order valence-corrected chi connectivity index (χ3v) is 3.63. The largest absolute Gasteiger partial charge is 0.422 e. The lowest BCUT2D eigenvalue weighted by Crippen LogP contribution is -2.10. The van der Waals surface area contributed by atoms with E-state index in [2.05, 4.69) is 20.1 Å². The third kappa shape index (κ3) is 2.50. The van der Waals surface area contributed by atoms with E-state index in [1.54, 1.807) is 23.0 Å². The number of aromatic nitrogens is 5. The number of para-hydroxylation sites is 1. The van der Waals surface area contributed by atoms with Crippen LogP contribution in [0.2, 0.25) is 5.15 Å². The van der Waals surface area contributed by atoms with Crippen molar-refractivity contribution in [2.24, 2.45) is 0 Å². The molecule has 24 heavy (non-hydrogen) atoms. The van der Waals surface area contributed by atoms with Crippen molar-refractivity contribution in [3.8, 4) is 17.4 Å². The number of aromatic amines is 1. The molecule has 0 amide bonds. The highest BCUT2D eigenvalue weighted by atomic mass is 35.5. The van der Waals surface area contributed by atoms with Crippen LogP contribution in [0, 0.1) is 0 Å². The summed E-state index contributed by atoms with van der Waals surface area (Å²) < 4.78 is 7.13. The molecule has 3 aromatic heterocycles. The van der Waals surface area contributed by atoms with Gasteiger partial charge in [-0.05, 0) is 24.3 Å². The first-order valence-electron chi connectivity index (χ1n) is 7.04. The van der Waals surface area contributed by atoms with Gasteiger partial charge in [-0.15, -0.1) is 0 Å². The molecule has 7 nitrogen and oxygen atoms in total. The minimum Gasteiger partial charge on any atom is -0.422 e. The summed E-state index contributed by atoms with van der Waals surface area (Å²) in [4.78, 5) is 23.1. The number of hydrogen-bond donors (Lipinski definition) is 1. The number of rotatable bonds is 3. The SMILES string of the molecule is O=c1[nH]c(Oc2cccnc2Cl)nc2c1cnn2-c1ccccc1. The molecule has 0 fully saturated rings. The summed E-state index contributed by atoms with van der Waals surface area (Å²) >= 11 is 5.96. The Kier molecular flexibility index (Phi) is 3.47. The molecule has 0 atom stereocenters. The molecule has 0 unspecified atom stereocenters. The summed E-state index contributed by atoms with van der Waals surface area (Å²) in [6.45, 7) is 0. The predicted octanol–water partition coefficient (Wildman–Crippen LogP) is 2.95. The van der Waals surface area contributed by atoms with Gasteiger partial charge >= 0.3 is 6.01 Å². The minimum atomic E-state index is -0.350. The number of ether oxygens (including phenoxy) is 1. The molecule has 0 saturated carbocycles. The lowest BCUT2D eigenvalue weighted by atomic mass is 10.3. The van der Waals surface area contributed by atoms with E-state index in [0.29, 0.717) is 16.8 Å². The zero-order valence-electron chi connectivity index (χ0n) is 12.2. The number of nitrogens with zero attached hydrogens (tertiary/aromatic N) is 4. The summed E-state index contributed by atoms with van der Waals surface area (Å²) in [6.07, 6.45) is 3.01. The van der Waals surface area contributed by atoms with Gasteiger partial charge in [-0.25, -0.2) is 9.67 Å². The number of fused-ring (bicyclic) bond motifs is 1. The monoisotopic (exact) mass is 339 g/mol. The molecule has 0 aliphatic heterocycles. The van der Waals surface area contributed by atoms with Crippen LogP contribution in [0.4, 0.5) is 0 Å². The zero-order valence-corrected chi connectivity index (χ0v) is 12.9. The highest BCUT2D eigenvalue weighted by Crippen LogP contribution is 2.25. The first-order valence-corrected chi connectivity index (χ1v) is 7.42. The Morgan fingerprint density at radius 3 is 2.75 bits per heavy atom. The van der Waals surface area contributed by atoms with E-state index < -0.39 is 0 Å². The maximum absolute atomic E-state index is 12.2. The number of benzene rings is 1. The third-order valence-electron chi connectivity index (χ3n) is 3.35. The van der Waals surface area contributed by atoms with Crippen molar-refractivity contribution < 1.29 is 4.74 Å². The molecule has 0 aliphatic rings. The Hall–Kier alpha value is -3.19. The van der Waals surface area contributed by atoms with Gasteiger partial charge in [0.1, 0.15) is 5.39 Å². The number of halogens is 1. The van der Waals surface area contributed by atoms with Crippen LogP contribution in [0.3, 0.4) is 0 Å². The van der Waals surface area contributed by atoms with Crippen LogP contribution in [0.1, 0.15) is 0 Å². The normalized spacial score (nSPS) is 10.9. The topological polar surface area (TPSA) is 85.7 Å². The van der Waals surface area contributed by atoms with Crippen LogP contribution in [-0.4, -0.2) is 24.7 Å². The molecule has 118 valence electrons. The Morgan fingerprint density at radius 2 is 1.96 bits per heavy atom. The molecule has 0 saturated heterocycles. The van der Waals surface area contributed by atoms with Crippen LogP contribution in [-0.2, 0) is 0 Å². The minimum absolute atomic E-state index is 0.0140. The van der Waals surface area contributed by atoms with Crippen molar-refractivity contribution in [3.63, 3.8) is 0 Å². The van der Waals surface area contributed by atoms with Crippen molar-refractivity contribution in [3.05, 3.63) is 70.4 Å². The fourth-order valence-corrected chi connectivity index (χ4v) is 2.41. The van der Waals surface area contributed by atoms with Crippen molar-refractivity contribution in [1.29, 1.82) is 0 Å². The first-order chi connectivity index (χ1) is 11.7. The molecule has 0 spiro atoms. The fraction of sp³-hybridized carbons (Fsp3) is 0. The van der Waals surface area contributed by atoms with E-state index in [1.807, 2.05) is 30.3 Å². The number of pyridine rings is 1. The second-order valence-electron chi connectivity index (χ2n) is 4.89. The quantitative estimate of drug-likeness (QED) is 0.580. The Morgan fingerprint density at radius 1 is 1.12 bits per heavy atom. The van der Waals surface area contributed by atoms with Crippen LogP contribution in [0.5, 0.6) is 11.8 Å². The van der Waals surface area contributed by atoms with E-state index in [0.717, 1.165) is 5.69 Å². The zero-order chi connectivity index (χ0) is 16.5. The molecular formula is C16H10ClN5O2. The van der Waals surface area contributed by atoms with Gasteiger partial charge in [0.05, 0.1) is 11.9 Å². The maximum atomic E-state index is 12.2. The first kappa shape index (κ1) is 14.4. The number of hydrogen-bond acceptors (Lipinski definition) is 5. The van der Waals surface area contributed by atoms with Crippen LogP contribution >= 0.6 is 11.6 Å². The molecule has 8 heteroatoms. The number of H-pyrrole nitrogens is 1. The second-order valence-corrected chi connectivity index (χ2v) is 5.25. The highest BCUT2D eigenvalue weighted by Gasteiger charge is 2.13. The average molecular weight is 340 g/mol. The molecule has 3 heterocycles. The van der Waals surface area contributed by atoms with Gasteiger partial charge in [0, 0.05) is 6.20 Å². The van der Waals surface area contributed by atoms with E-state index in [9.17, 15) is 4.79 Å². The molecule has 0 bridgehead atoms. The standard InChI is InChI=1S/C16H10ClN5O2/c17-13-12(7-4-8-18-13)24-16-20-14-11(15(23)21-16)9-19-22(14)10-5-2-1-3-6-10/h1-9H,(H,20,21,23). The molecule has 1 aromatic carbocycles. The second kappa shape index (κ2) is 5.78. The summed E-state index contributed by atoms with van der Waals surface area (Å²) in [5, 5.41) is 4.77. The van der Waals surface area contributed by atoms with Crippen molar-refractivity contribution >= 4 is 22.6 Å². The van der Waals surface area contributed by atoms with Gasteiger partial charge in [0.25, 0.3) is 5.56 Å². The number of nitrogens with one attached hydrogen (secondary N) is 1. The van der Waals surface area contributed by atoms with E-state index in [4.69, 9.17) is 16.3 Å². The smallest absolute Gasteiger partial charge is 0.304 e. The van der Waals surface area contributed by atoms with Crippen molar-refractivity contribution in [1.82, 2.24) is 24.7 Å². The van der Waals surface area contributed by atoms with Gasteiger partial charge in [0.2, 0.25) is 0 Å². The van der Waals surface area contributed by atoms with Gasteiger partial charge in [0.15, 0.2) is 16.5 Å². The Balaban J connectivity index is 1.84. The molecule has 0 radical (unpaired) electrons. The summed E-state index contributed by atoms with van der Waals surface area (Å²) in [5.74, 6) is 0.299. The van der Waals surface area contributed by atoms with Gasteiger partial charge in [-0.2, -0.15) is 10.1 Å². The lowest BCUT2D eigenvalue weighted by molar-refractivity contribution is 0.440. The Bertz CT molecular complexity index is 1070.